The summed E-state index contributed by atoms with van der Waals surface area (Å²) in [4.78, 5) is 119. The standard InChI is InChI=1S/C92H162N6O18/c1-77(2,75-107-53-92(54-108-75)55-109-76(110-56-92)91(29,30)116-70(103)37-64(58-42-82(11,12)95(32)83(13,14)43-58)63(36-67(99)100)57-40-80(7,8)94(31)81(9,10)41-57)52-90(27,28)115-69(102)39-66(73(105)112-59-44-78(3,4)93-79(5,6)45-59)71(74(106)114-62-50-88(23,24)98(35)89(25,26)51-62)65(72(104)113-61-48-86(19,20)97(34)87(21,22)49-61)38-68(101)111-60-46-84(15,16)96(33)85(17,18)47-60/h57-66,71,75-76,93H,36-56H2,1-35H3,(H,99,100). The number of ether oxygens (including phenoxy) is 10. The molecule has 8 rings (SSSR count). The van der Waals surface area contributed by atoms with E-state index in [0.717, 1.165) is 25.7 Å². The molecule has 0 bridgehead atoms. The lowest BCUT2D eigenvalue weighted by atomic mass is 9.59. The lowest BCUT2D eigenvalue weighted by Crippen LogP contribution is -2.61. The molecule has 8 aliphatic rings. The molecule has 5 atom stereocenters. The zero-order chi connectivity index (χ0) is 88.1. The van der Waals surface area contributed by atoms with Gasteiger partial charge >= 0.3 is 41.8 Å². The second-order valence-corrected chi connectivity index (χ2v) is 47.2. The van der Waals surface area contributed by atoms with Crippen molar-refractivity contribution in [3.8, 4) is 0 Å². The van der Waals surface area contributed by atoms with Crippen molar-refractivity contribution in [3.05, 3.63) is 0 Å². The summed E-state index contributed by atoms with van der Waals surface area (Å²) in [5, 5.41) is 14.4. The first-order valence-electron chi connectivity index (χ1n) is 43.7. The molecule has 24 nitrogen and oxygen atoms in total. The van der Waals surface area contributed by atoms with Gasteiger partial charge in [0.1, 0.15) is 30.0 Å². The Bertz CT molecular complexity index is 3390. The van der Waals surface area contributed by atoms with Crippen molar-refractivity contribution in [2.24, 2.45) is 52.3 Å². The van der Waals surface area contributed by atoms with E-state index in [9.17, 15) is 14.7 Å². The van der Waals surface area contributed by atoms with Gasteiger partial charge in [0.05, 0.1) is 62.4 Å². The molecule has 0 aromatic carbocycles. The Morgan fingerprint density at radius 1 is 0.371 bits per heavy atom. The first-order chi connectivity index (χ1) is 52.3. The summed E-state index contributed by atoms with van der Waals surface area (Å²) in [6, 6.07) is 0. The molecule has 0 amide bonds. The second-order valence-electron chi connectivity index (χ2n) is 47.2. The minimum absolute atomic E-state index is 0.0369. The third-order valence-electron chi connectivity index (χ3n) is 29.9. The number of aliphatic carboxylic acids is 1. The second kappa shape index (κ2) is 33.9. The molecule has 116 heavy (non-hydrogen) atoms. The van der Waals surface area contributed by atoms with E-state index >= 15 is 24.0 Å². The van der Waals surface area contributed by atoms with Gasteiger partial charge < -0.3 is 57.8 Å². The summed E-state index contributed by atoms with van der Waals surface area (Å²) in [7, 11) is 10.5. The van der Waals surface area contributed by atoms with Crippen LogP contribution in [0.25, 0.3) is 0 Å². The molecule has 2 N–H and O–H groups in total. The Hall–Kier alpha value is -4.11. The van der Waals surface area contributed by atoms with Crippen molar-refractivity contribution < 1.29 is 86.0 Å². The van der Waals surface area contributed by atoms with E-state index in [1.807, 2.05) is 55.6 Å². The van der Waals surface area contributed by atoms with Crippen molar-refractivity contribution in [3.63, 3.8) is 0 Å². The van der Waals surface area contributed by atoms with Gasteiger partial charge in [0.25, 0.3) is 0 Å². The fourth-order valence-corrected chi connectivity index (χ4v) is 23.5. The fourth-order valence-electron chi connectivity index (χ4n) is 23.5. The van der Waals surface area contributed by atoms with E-state index in [2.05, 4.69) is 189 Å². The van der Waals surface area contributed by atoms with Gasteiger partial charge in [0.15, 0.2) is 18.2 Å². The minimum Gasteiger partial charge on any atom is -0.481 e. The van der Waals surface area contributed by atoms with Gasteiger partial charge in [-0.05, 0) is 285 Å². The smallest absolute Gasteiger partial charge is 0.311 e. The van der Waals surface area contributed by atoms with E-state index in [4.69, 9.17) is 47.4 Å². The highest BCUT2D eigenvalue weighted by Gasteiger charge is 2.58. The van der Waals surface area contributed by atoms with Crippen molar-refractivity contribution >= 4 is 41.8 Å². The number of carboxylic acids is 1. The van der Waals surface area contributed by atoms with Crippen molar-refractivity contribution in [2.75, 3.05) is 61.7 Å². The number of piperidine rings is 6. The molecular formula is C92H162N6O18. The minimum atomic E-state index is -1.82. The van der Waals surface area contributed by atoms with Crippen molar-refractivity contribution in [2.45, 2.75) is 432 Å². The third-order valence-corrected chi connectivity index (χ3v) is 29.9. The van der Waals surface area contributed by atoms with Crippen LogP contribution in [0.1, 0.15) is 317 Å². The topological polar surface area (TPSA) is 260 Å². The summed E-state index contributed by atoms with van der Waals surface area (Å²) in [5.74, 6) is -11.4. The molecule has 1 spiro atoms. The highest BCUT2D eigenvalue weighted by Crippen LogP contribution is 2.54. The van der Waals surface area contributed by atoms with Crippen LogP contribution in [-0.4, -0.2) is 248 Å². The third kappa shape index (κ3) is 23.0. The van der Waals surface area contributed by atoms with Crippen LogP contribution in [-0.2, 0) is 80.9 Å². The zero-order valence-corrected chi connectivity index (χ0v) is 79.0. The average molecular weight is 1640 g/mol. The lowest BCUT2D eigenvalue weighted by Gasteiger charge is -2.58. The molecule has 0 aromatic rings. The van der Waals surface area contributed by atoms with Crippen LogP contribution in [0, 0.1) is 52.3 Å². The summed E-state index contributed by atoms with van der Waals surface area (Å²) in [6.45, 7) is 62.8. The molecule has 5 unspecified atom stereocenters. The van der Waals surface area contributed by atoms with Crippen LogP contribution in [0.15, 0.2) is 0 Å². The van der Waals surface area contributed by atoms with Crippen LogP contribution < -0.4 is 5.32 Å². The summed E-state index contributed by atoms with van der Waals surface area (Å²) < 4.78 is 66.0. The summed E-state index contributed by atoms with van der Waals surface area (Å²) >= 11 is 0. The van der Waals surface area contributed by atoms with E-state index in [-0.39, 0.29) is 103 Å². The van der Waals surface area contributed by atoms with Gasteiger partial charge in [-0.1, -0.05) is 13.8 Å². The summed E-state index contributed by atoms with van der Waals surface area (Å²) in [5.41, 5.74) is -8.64. The van der Waals surface area contributed by atoms with Crippen molar-refractivity contribution in [1.29, 1.82) is 0 Å². The molecule has 668 valence electrons. The Balaban J connectivity index is 1.04. The fraction of sp³-hybridized carbons (Fsp3) is 0.924. The van der Waals surface area contributed by atoms with Crippen LogP contribution in [0.3, 0.4) is 0 Å². The van der Waals surface area contributed by atoms with Gasteiger partial charge in [-0.25, -0.2) is 0 Å². The Morgan fingerprint density at radius 3 is 1.00 bits per heavy atom. The number of carbonyl (C=O) groups excluding carboxylic acids is 6. The van der Waals surface area contributed by atoms with Crippen LogP contribution in [0.2, 0.25) is 0 Å². The van der Waals surface area contributed by atoms with Crippen LogP contribution in [0.4, 0.5) is 0 Å². The number of carbonyl (C=O) groups is 7. The van der Waals surface area contributed by atoms with Gasteiger partial charge in [0, 0.05) is 136 Å². The number of nitrogens with one attached hydrogen (secondary N) is 1. The number of nitrogens with zero attached hydrogens (tertiary/aromatic N) is 5. The van der Waals surface area contributed by atoms with Gasteiger partial charge in [-0.3, -0.25) is 58.1 Å². The molecular weight excluding hydrogens is 1480 g/mol. The maximum absolute atomic E-state index is 16.2. The average Bonchev–Trinajstić information content (AvgIpc) is 0.747. The predicted molar refractivity (Wildman–Crippen MR) is 449 cm³/mol. The molecule has 8 aliphatic heterocycles. The molecule has 24 heteroatoms. The normalized spacial score (nSPS) is 29.5. The van der Waals surface area contributed by atoms with Gasteiger partial charge in [-0.15, -0.1) is 0 Å². The number of likely N-dealkylation sites (tertiary alicyclic amines) is 5. The SMILES string of the molecule is CN1C(C)(C)CC(OC(=O)CC(C(=O)OC2CC(C)(C)N(C)C(C)(C)C2)C(C(=O)OC2CC(C)(C)N(C)C(C)(C)C2)C(CC(=O)OC(C)(C)CC(C)(C)C2OCC3(CO2)COC(C(C)(C)OC(=O)CC(C2CC(C)(C)N(C)C(C)(C)C2)C(CC(=O)O)C2CC(C)(C)N(C)C(C)(C)C2)OC3)C(=O)OC2CC(C)(C)NC(C)(C)C2)CC1(C)C. The molecule has 0 aromatic heterocycles. The number of carboxylic acid groups (broad SMARTS) is 1. The van der Waals surface area contributed by atoms with Crippen LogP contribution in [0.5, 0.6) is 0 Å². The number of hydrogen-bond acceptors (Lipinski definition) is 23. The van der Waals surface area contributed by atoms with Crippen molar-refractivity contribution in [1.82, 2.24) is 29.8 Å². The van der Waals surface area contributed by atoms with E-state index in [1.54, 1.807) is 27.7 Å². The van der Waals surface area contributed by atoms with Crippen LogP contribution >= 0.6 is 0 Å². The number of hydrogen-bond donors (Lipinski definition) is 2. The Kier molecular flexibility index (Phi) is 28.4. The molecule has 0 radical (unpaired) electrons. The largest absolute Gasteiger partial charge is 0.481 e. The highest BCUT2D eigenvalue weighted by atomic mass is 16.7. The summed E-state index contributed by atoms with van der Waals surface area (Å²) in [6.07, 6.45) is 0.871. The highest BCUT2D eigenvalue weighted by molar-refractivity contribution is 5.91. The first-order valence-corrected chi connectivity index (χ1v) is 43.7. The number of esters is 6. The molecule has 8 heterocycles. The van der Waals surface area contributed by atoms with Gasteiger partial charge in [-0.2, -0.15) is 0 Å². The molecule has 0 saturated carbocycles. The first kappa shape index (κ1) is 97.3. The van der Waals surface area contributed by atoms with E-state index in [0.29, 0.717) is 51.4 Å². The predicted octanol–water partition coefficient (Wildman–Crippen LogP) is 14.7. The monoisotopic (exact) mass is 1640 g/mol. The Labute approximate surface area is 699 Å². The molecule has 8 saturated heterocycles. The lowest BCUT2D eigenvalue weighted by molar-refractivity contribution is -0.342. The zero-order valence-electron chi connectivity index (χ0n) is 79.0. The maximum Gasteiger partial charge on any atom is 0.311 e. The Morgan fingerprint density at radius 2 is 0.655 bits per heavy atom. The quantitative estimate of drug-likeness (QED) is 0.0602. The van der Waals surface area contributed by atoms with E-state index in [1.165, 1.54) is 0 Å². The van der Waals surface area contributed by atoms with E-state index < -0.39 is 165 Å². The van der Waals surface area contributed by atoms with Gasteiger partial charge in [0.2, 0.25) is 0 Å². The molecule has 8 fully saturated rings. The maximum atomic E-state index is 16.2. The molecule has 0 aliphatic carbocycles. The number of rotatable bonds is 26.